The number of nitrogens with one attached hydrogen (secondary N) is 1. The number of fused-ring (bicyclic) bond motifs is 1. The van der Waals surface area contributed by atoms with E-state index in [9.17, 15) is 18.0 Å². The molecule has 5 nitrogen and oxygen atoms in total. The van der Waals surface area contributed by atoms with Gasteiger partial charge < -0.3 is 9.73 Å². The third-order valence-corrected chi connectivity index (χ3v) is 3.73. The van der Waals surface area contributed by atoms with E-state index >= 15 is 0 Å². The van der Waals surface area contributed by atoms with Gasteiger partial charge in [-0.25, -0.2) is 9.97 Å². The largest absolute Gasteiger partial charge is 0.461 e. The highest BCUT2D eigenvalue weighted by Gasteiger charge is 2.33. The van der Waals surface area contributed by atoms with Crippen LogP contribution in [0.5, 0.6) is 0 Å². The summed E-state index contributed by atoms with van der Waals surface area (Å²) in [7, 11) is 0. The molecule has 1 aromatic carbocycles. The van der Waals surface area contributed by atoms with E-state index in [1.165, 1.54) is 6.92 Å². The van der Waals surface area contributed by atoms with Gasteiger partial charge in [-0.15, -0.1) is 0 Å². The first-order valence-corrected chi connectivity index (χ1v) is 7.92. The van der Waals surface area contributed by atoms with Crippen molar-refractivity contribution in [2.24, 2.45) is 0 Å². The molecular weight excluding hydrogens is 347 g/mol. The molecule has 26 heavy (non-hydrogen) atoms. The number of aromatic nitrogens is 2. The second-order valence-corrected chi connectivity index (χ2v) is 5.92. The van der Waals surface area contributed by atoms with Crippen molar-refractivity contribution in [1.82, 2.24) is 15.3 Å². The molecule has 0 saturated carbocycles. The van der Waals surface area contributed by atoms with Gasteiger partial charge in [0.05, 0.1) is 0 Å². The molecule has 0 radical (unpaired) electrons. The van der Waals surface area contributed by atoms with Crippen molar-refractivity contribution < 1.29 is 22.4 Å². The van der Waals surface area contributed by atoms with Crippen LogP contribution >= 0.6 is 0 Å². The SMILES string of the molecule is Cc1cc(C(F)(F)F)nc(CCNC(=O)c2ccc3oc(C)cc3c2)n1. The Morgan fingerprint density at radius 2 is 1.92 bits per heavy atom. The van der Waals surface area contributed by atoms with Crippen LogP contribution in [0.3, 0.4) is 0 Å². The lowest BCUT2D eigenvalue weighted by atomic mass is 10.1. The number of nitrogens with zero attached hydrogens (tertiary/aromatic N) is 2. The predicted molar refractivity (Wildman–Crippen MR) is 88.8 cm³/mol. The Balaban J connectivity index is 1.65. The molecular formula is C18H16F3N3O2. The van der Waals surface area contributed by atoms with E-state index in [-0.39, 0.29) is 30.4 Å². The van der Waals surface area contributed by atoms with Crippen LogP contribution in [-0.2, 0) is 12.6 Å². The van der Waals surface area contributed by atoms with Gasteiger partial charge in [0.25, 0.3) is 5.91 Å². The predicted octanol–water partition coefficient (Wildman–Crippen LogP) is 3.83. The number of rotatable bonds is 4. The quantitative estimate of drug-likeness (QED) is 0.765. The van der Waals surface area contributed by atoms with Crippen molar-refractivity contribution >= 4 is 16.9 Å². The number of halogens is 3. The molecule has 1 N–H and O–H groups in total. The molecule has 0 aliphatic heterocycles. The lowest BCUT2D eigenvalue weighted by Gasteiger charge is -2.09. The van der Waals surface area contributed by atoms with E-state index in [2.05, 4.69) is 15.3 Å². The van der Waals surface area contributed by atoms with E-state index in [1.807, 2.05) is 13.0 Å². The Bertz CT molecular complexity index is 964. The number of alkyl halides is 3. The first-order valence-electron chi connectivity index (χ1n) is 7.92. The molecule has 0 aliphatic rings. The summed E-state index contributed by atoms with van der Waals surface area (Å²) in [6.07, 6.45) is -4.42. The monoisotopic (exact) mass is 363 g/mol. The Morgan fingerprint density at radius 3 is 2.65 bits per heavy atom. The van der Waals surface area contributed by atoms with Crippen molar-refractivity contribution in [2.75, 3.05) is 6.54 Å². The number of furan rings is 1. The van der Waals surface area contributed by atoms with Crippen LogP contribution in [-0.4, -0.2) is 22.4 Å². The van der Waals surface area contributed by atoms with Gasteiger partial charge in [0.2, 0.25) is 0 Å². The van der Waals surface area contributed by atoms with Crippen LogP contribution in [0.4, 0.5) is 13.2 Å². The average molecular weight is 363 g/mol. The van der Waals surface area contributed by atoms with Crippen LogP contribution in [0.2, 0.25) is 0 Å². The average Bonchev–Trinajstić information content (AvgIpc) is 2.92. The smallest absolute Gasteiger partial charge is 0.433 e. The summed E-state index contributed by atoms with van der Waals surface area (Å²) >= 11 is 0. The van der Waals surface area contributed by atoms with Crippen molar-refractivity contribution in [3.05, 3.63) is 58.9 Å². The van der Waals surface area contributed by atoms with Crippen molar-refractivity contribution in [3.63, 3.8) is 0 Å². The number of hydrogen-bond donors (Lipinski definition) is 1. The molecule has 0 atom stereocenters. The minimum absolute atomic E-state index is 0.0403. The van der Waals surface area contributed by atoms with Crippen molar-refractivity contribution in [3.8, 4) is 0 Å². The lowest BCUT2D eigenvalue weighted by Crippen LogP contribution is -2.26. The number of carbonyl (C=O) groups excluding carboxylic acids is 1. The summed E-state index contributed by atoms with van der Waals surface area (Å²) in [4.78, 5) is 19.7. The lowest BCUT2D eigenvalue weighted by molar-refractivity contribution is -0.141. The van der Waals surface area contributed by atoms with Gasteiger partial charge >= 0.3 is 6.18 Å². The summed E-state index contributed by atoms with van der Waals surface area (Å²) in [6.45, 7) is 3.42. The zero-order valence-corrected chi connectivity index (χ0v) is 14.1. The van der Waals surface area contributed by atoms with E-state index in [0.29, 0.717) is 11.1 Å². The maximum atomic E-state index is 12.8. The second-order valence-electron chi connectivity index (χ2n) is 5.92. The van der Waals surface area contributed by atoms with Crippen LogP contribution in [0, 0.1) is 13.8 Å². The highest BCUT2D eigenvalue weighted by atomic mass is 19.4. The van der Waals surface area contributed by atoms with Crippen LogP contribution in [0.25, 0.3) is 11.0 Å². The molecule has 2 heterocycles. The van der Waals surface area contributed by atoms with Gasteiger partial charge in [0.15, 0.2) is 0 Å². The Hall–Kier alpha value is -2.90. The third kappa shape index (κ3) is 4.01. The molecule has 0 bridgehead atoms. The second kappa shape index (κ2) is 6.78. The summed E-state index contributed by atoms with van der Waals surface area (Å²) < 4.78 is 43.8. The van der Waals surface area contributed by atoms with Gasteiger partial charge in [0.1, 0.15) is 22.9 Å². The minimum Gasteiger partial charge on any atom is -0.461 e. The fourth-order valence-corrected chi connectivity index (χ4v) is 2.59. The Kier molecular flexibility index (Phi) is 4.67. The summed E-state index contributed by atoms with van der Waals surface area (Å²) in [5.74, 6) is 0.461. The minimum atomic E-state index is -4.52. The standard InChI is InChI=1S/C18H16F3N3O2/c1-10-7-15(18(19,20)21)24-16(23-10)5-6-22-17(25)12-3-4-14-13(9-12)8-11(2)26-14/h3-4,7-9H,5-6H2,1-2H3,(H,22,25). The van der Waals surface area contributed by atoms with E-state index in [4.69, 9.17) is 4.42 Å². The molecule has 2 aromatic heterocycles. The molecule has 136 valence electrons. The zero-order chi connectivity index (χ0) is 18.9. The summed E-state index contributed by atoms with van der Waals surface area (Å²) in [5.41, 5.74) is 0.382. The molecule has 0 aliphatic carbocycles. The van der Waals surface area contributed by atoms with Crippen LogP contribution < -0.4 is 5.32 Å². The van der Waals surface area contributed by atoms with Gasteiger partial charge in [-0.05, 0) is 44.2 Å². The van der Waals surface area contributed by atoms with E-state index in [0.717, 1.165) is 17.2 Å². The molecule has 0 spiro atoms. The van der Waals surface area contributed by atoms with Gasteiger partial charge in [0, 0.05) is 29.6 Å². The molecule has 1 amide bonds. The number of carbonyl (C=O) groups is 1. The van der Waals surface area contributed by atoms with Crippen LogP contribution in [0.1, 0.15) is 33.3 Å². The van der Waals surface area contributed by atoms with Crippen LogP contribution in [0.15, 0.2) is 34.7 Å². The Labute approximate surface area is 147 Å². The van der Waals surface area contributed by atoms with Gasteiger partial charge in [-0.2, -0.15) is 13.2 Å². The number of amides is 1. The highest BCUT2D eigenvalue weighted by Crippen LogP contribution is 2.27. The first kappa shape index (κ1) is 17.9. The number of benzene rings is 1. The molecule has 8 heteroatoms. The molecule has 3 rings (SSSR count). The molecule has 0 fully saturated rings. The molecule has 0 unspecified atom stereocenters. The Morgan fingerprint density at radius 1 is 1.15 bits per heavy atom. The molecule has 0 saturated heterocycles. The van der Waals surface area contributed by atoms with Gasteiger partial charge in [-0.3, -0.25) is 4.79 Å². The van der Waals surface area contributed by atoms with Crippen molar-refractivity contribution in [1.29, 1.82) is 0 Å². The van der Waals surface area contributed by atoms with E-state index in [1.54, 1.807) is 18.2 Å². The fraction of sp³-hybridized carbons (Fsp3) is 0.278. The summed E-state index contributed by atoms with van der Waals surface area (Å²) in [5, 5.41) is 3.48. The van der Waals surface area contributed by atoms with Crippen molar-refractivity contribution in [2.45, 2.75) is 26.4 Å². The fourth-order valence-electron chi connectivity index (χ4n) is 2.59. The number of hydrogen-bond acceptors (Lipinski definition) is 4. The highest BCUT2D eigenvalue weighted by molar-refractivity contribution is 5.97. The summed E-state index contributed by atoms with van der Waals surface area (Å²) in [6, 6.07) is 7.75. The van der Waals surface area contributed by atoms with Gasteiger partial charge in [-0.1, -0.05) is 0 Å². The maximum absolute atomic E-state index is 12.8. The normalized spacial score (nSPS) is 11.7. The topological polar surface area (TPSA) is 68.0 Å². The van der Waals surface area contributed by atoms with E-state index < -0.39 is 11.9 Å². The first-order chi connectivity index (χ1) is 12.2. The molecule has 3 aromatic rings. The zero-order valence-electron chi connectivity index (χ0n) is 14.1. The number of aryl methyl sites for hydroxylation is 2. The maximum Gasteiger partial charge on any atom is 0.433 e. The third-order valence-electron chi connectivity index (χ3n) is 3.73.